The van der Waals surface area contributed by atoms with Crippen molar-refractivity contribution in [3.05, 3.63) is 65.6 Å². The van der Waals surface area contributed by atoms with Gasteiger partial charge in [-0.1, -0.05) is 51.1 Å². The highest BCUT2D eigenvalue weighted by atomic mass is 19.1. The molecule has 0 fully saturated rings. The summed E-state index contributed by atoms with van der Waals surface area (Å²) in [5.74, 6) is -1.38. The molecule has 3 rings (SSSR count). The Balaban J connectivity index is 1.96. The van der Waals surface area contributed by atoms with Crippen LogP contribution in [-0.4, -0.2) is 27.6 Å². The van der Waals surface area contributed by atoms with Gasteiger partial charge in [-0.15, -0.1) is 0 Å². The quantitative estimate of drug-likeness (QED) is 0.711. The number of nitrogens with two attached hydrogens (primary N) is 1. The second-order valence-electron chi connectivity index (χ2n) is 7.82. The van der Waals surface area contributed by atoms with E-state index in [9.17, 15) is 14.0 Å². The van der Waals surface area contributed by atoms with Crippen LogP contribution in [0.3, 0.4) is 0 Å². The van der Waals surface area contributed by atoms with Crippen molar-refractivity contribution < 1.29 is 14.0 Å². The van der Waals surface area contributed by atoms with Crippen LogP contribution in [0.1, 0.15) is 36.8 Å². The van der Waals surface area contributed by atoms with E-state index in [-0.39, 0.29) is 11.5 Å². The van der Waals surface area contributed by atoms with Crippen LogP contribution in [0.4, 0.5) is 4.39 Å². The van der Waals surface area contributed by atoms with Gasteiger partial charge in [-0.25, -0.2) is 4.39 Å². The third kappa shape index (κ3) is 4.03. The molecule has 28 heavy (non-hydrogen) atoms. The lowest BCUT2D eigenvalue weighted by Gasteiger charge is -2.28. The zero-order valence-electron chi connectivity index (χ0n) is 16.1. The third-order valence-electron chi connectivity index (χ3n) is 4.54. The van der Waals surface area contributed by atoms with Gasteiger partial charge in [0.15, 0.2) is 5.69 Å². The molecule has 1 atom stereocenters. The predicted molar refractivity (Wildman–Crippen MR) is 105 cm³/mol. The van der Waals surface area contributed by atoms with E-state index < -0.39 is 23.3 Å². The molecule has 1 heterocycles. The Labute approximate surface area is 162 Å². The summed E-state index contributed by atoms with van der Waals surface area (Å²) in [6.45, 7) is 5.86. The molecule has 0 aliphatic carbocycles. The molecule has 0 aliphatic heterocycles. The molecule has 2 amide bonds. The van der Waals surface area contributed by atoms with Crippen LogP contribution in [0.2, 0.25) is 0 Å². The maximum atomic E-state index is 13.2. The normalized spacial score (nSPS) is 12.7. The van der Waals surface area contributed by atoms with Gasteiger partial charge in [0.25, 0.3) is 5.91 Å². The molecule has 7 heteroatoms. The molecule has 0 saturated carbocycles. The average molecular weight is 382 g/mol. The zero-order chi connectivity index (χ0) is 20.5. The van der Waals surface area contributed by atoms with Crippen LogP contribution in [0.5, 0.6) is 0 Å². The Morgan fingerprint density at radius 1 is 1.14 bits per heavy atom. The van der Waals surface area contributed by atoms with Gasteiger partial charge in [-0.05, 0) is 29.2 Å². The Morgan fingerprint density at radius 2 is 1.79 bits per heavy atom. The summed E-state index contributed by atoms with van der Waals surface area (Å²) in [7, 11) is 0. The van der Waals surface area contributed by atoms with Gasteiger partial charge >= 0.3 is 0 Å². The van der Waals surface area contributed by atoms with Gasteiger partial charge in [0.1, 0.15) is 11.9 Å². The highest BCUT2D eigenvalue weighted by Gasteiger charge is 2.32. The SMILES string of the molecule is CC(C)(C)[C@H](NC(=O)c1nn(Cc2ccc(F)cc2)c2ccccc12)C(N)=O. The van der Waals surface area contributed by atoms with Crippen LogP contribution < -0.4 is 11.1 Å². The van der Waals surface area contributed by atoms with Crippen molar-refractivity contribution in [2.45, 2.75) is 33.4 Å². The first-order valence-corrected chi connectivity index (χ1v) is 8.97. The Hall–Kier alpha value is -3.22. The Bertz CT molecular complexity index is 1020. The summed E-state index contributed by atoms with van der Waals surface area (Å²) in [6, 6.07) is 12.6. The molecule has 2 aromatic carbocycles. The van der Waals surface area contributed by atoms with Gasteiger partial charge in [-0.2, -0.15) is 5.10 Å². The minimum atomic E-state index is -0.832. The van der Waals surface area contributed by atoms with E-state index >= 15 is 0 Å². The Morgan fingerprint density at radius 3 is 2.39 bits per heavy atom. The van der Waals surface area contributed by atoms with Crippen molar-refractivity contribution >= 4 is 22.7 Å². The number of nitrogens with zero attached hydrogens (tertiary/aromatic N) is 2. The maximum absolute atomic E-state index is 13.2. The van der Waals surface area contributed by atoms with Crippen molar-refractivity contribution in [3.8, 4) is 0 Å². The molecule has 0 spiro atoms. The monoisotopic (exact) mass is 382 g/mol. The fourth-order valence-corrected chi connectivity index (χ4v) is 3.09. The van der Waals surface area contributed by atoms with Gasteiger partial charge in [0, 0.05) is 5.39 Å². The van der Waals surface area contributed by atoms with E-state index in [2.05, 4.69) is 10.4 Å². The second-order valence-corrected chi connectivity index (χ2v) is 7.82. The highest BCUT2D eigenvalue weighted by Crippen LogP contribution is 2.22. The molecular weight excluding hydrogens is 359 g/mol. The van der Waals surface area contributed by atoms with Crippen molar-refractivity contribution in [2.24, 2.45) is 11.1 Å². The van der Waals surface area contributed by atoms with E-state index in [0.29, 0.717) is 11.9 Å². The first-order chi connectivity index (χ1) is 13.2. The summed E-state index contributed by atoms with van der Waals surface area (Å²) < 4.78 is 14.8. The molecule has 3 N–H and O–H groups in total. The van der Waals surface area contributed by atoms with E-state index in [1.54, 1.807) is 22.9 Å². The van der Waals surface area contributed by atoms with E-state index in [1.807, 2.05) is 39.0 Å². The molecule has 0 unspecified atom stereocenters. The topological polar surface area (TPSA) is 90.0 Å². The van der Waals surface area contributed by atoms with Crippen LogP contribution >= 0.6 is 0 Å². The van der Waals surface area contributed by atoms with Crippen LogP contribution in [0.15, 0.2) is 48.5 Å². The first-order valence-electron chi connectivity index (χ1n) is 8.97. The number of hydrogen-bond donors (Lipinski definition) is 2. The number of halogens is 1. The van der Waals surface area contributed by atoms with Gasteiger partial charge < -0.3 is 11.1 Å². The fraction of sp³-hybridized carbons (Fsp3) is 0.286. The van der Waals surface area contributed by atoms with Gasteiger partial charge in [-0.3, -0.25) is 14.3 Å². The van der Waals surface area contributed by atoms with E-state index in [0.717, 1.165) is 11.1 Å². The minimum absolute atomic E-state index is 0.216. The fourth-order valence-electron chi connectivity index (χ4n) is 3.09. The molecule has 6 nitrogen and oxygen atoms in total. The van der Waals surface area contributed by atoms with Crippen LogP contribution in [-0.2, 0) is 11.3 Å². The number of amides is 2. The van der Waals surface area contributed by atoms with Crippen molar-refractivity contribution in [3.63, 3.8) is 0 Å². The maximum Gasteiger partial charge on any atom is 0.273 e. The summed E-state index contributed by atoms with van der Waals surface area (Å²) in [5, 5.41) is 7.84. The number of nitrogens with one attached hydrogen (secondary N) is 1. The number of para-hydroxylation sites is 1. The lowest BCUT2D eigenvalue weighted by atomic mass is 9.86. The number of aromatic nitrogens is 2. The number of rotatable bonds is 5. The first kappa shape index (κ1) is 19.5. The van der Waals surface area contributed by atoms with E-state index in [1.165, 1.54) is 12.1 Å². The standard InChI is InChI=1S/C21H23FN4O2/c1-21(2,3)18(19(23)27)24-20(28)17-15-6-4-5-7-16(15)26(25-17)12-13-8-10-14(22)11-9-13/h4-11,18H,12H2,1-3H3,(H2,23,27)(H,24,28)/t18-/m1/s1. The van der Waals surface area contributed by atoms with Crippen LogP contribution in [0.25, 0.3) is 10.9 Å². The smallest absolute Gasteiger partial charge is 0.273 e. The average Bonchev–Trinajstić information content (AvgIpc) is 2.99. The number of carbonyl (C=O) groups is 2. The lowest BCUT2D eigenvalue weighted by Crippen LogP contribution is -2.52. The molecule has 1 aromatic heterocycles. The molecule has 0 bridgehead atoms. The summed E-state index contributed by atoms with van der Waals surface area (Å²) >= 11 is 0. The predicted octanol–water partition coefficient (Wildman–Crippen LogP) is 2.85. The summed E-state index contributed by atoms with van der Waals surface area (Å²) in [4.78, 5) is 24.7. The summed E-state index contributed by atoms with van der Waals surface area (Å²) in [5.41, 5.74) is 6.77. The number of primary amides is 1. The van der Waals surface area contributed by atoms with Gasteiger partial charge in [0.2, 0.25) is 5.91 Å². The molecule has 0 aliphatic rings. The number of benzene rings is 2. The molecular formula is C21H23FN4O2. The molecule has 0 radical (unpaired) electrons. The lowest BCUT2D eigenvalue weighted by molar-refractivity contribution is -0.122. The van der Waals surface area contributed by atoms with Crippen molar-refractivity contribution in [1.82, 2.24) is 15.1 Å². The number of fused-ring (bicyclic) bond motifs is 1. The largest absolute Gasteiger partial charge is 0.368 e. The zero-order valence-corrected chi connectivity index (χ0v) is 16.1. The minimum Gasteiger partial charge on any atom is -0.368 e. The molecule has 0 saturated heterocycles. The Kier molecular flexibility index (Phi) is 5.18. The number of carbonyl (C=O) groups excluding carboxylic acids is 2. The van der Waals surface area contributed by atoms with Crippen molar-refractivity contribution in [2.75, 3.05) is 0 Å². The summed E-state index contributed by atoms with van der Waals surface area (Å²) in [6.07, 6.45) is 0. The molecule has 146 valence electrons. The van der Waals surface area contributed by atoms with Gasteiger partial charge in [0.05, 0.1) is 12.1 Å². The van der Waals surface area contributed by atoms with Crippen molar-refractivity contribution in [1.29, 1.82) is 0 Å². The highest BCUT2D eigenvalue weighted by molar-refractivity contribution is 6.06. The number of hydrogen-bond acceptors (Lipinski definition) is 3. The second kappa shape index (κ2) is 7.42. The van der Waals surface area contributed by atoms with Crippen LogP contribution in [0, 0.1) is 11.2 Å². The van der Waals surface area contributed by atoms with E-state index in [4.69, 9.17) is 5.73 Å². The molecule has 3 aromatic rings. The third-order valence-corrected chi connectivity index (χ3v) is 4.54.